The van der Waals surface area contributed by atoms with Crippen molar-refractivity contribution in [2.75, 3.05) is 0 Å². The van der Waals surface area contributed by atoms with Crippen LogP contribution < -0.4 is 24.8 Å². The summed E-state index contributed by atoms with van der Waals surface area (Å²) >= 11 is -2.61. The van der Waals surface area contributed by atoms with Gasteiger partial charge in [-0.15, -0.1) is 0 Å². The van der Waals surface area contributed by atoms with Crippen LogP contribution in [0.15, 0.2) is 87.2 Å². The molecule has 0 heterocycles. The van der Waals surface area contributed by atoms with Gasteiger partial charge in [0.05, 0.1) is 0 Å². The predicted octanol–water partition coefficient (Wildman–Crippen LogP) is 5.11. The van der Waals surface area contributed by atoms with Crippen LogP contribution in [0.25, 0.3) is 11.1 Å². The van der Waals surface area contributed by atoms with E-state index in [9.17, 15) is 0 Å². The van der Waals surface area contributed by atoms with Gasteiger partial charge in [0.2, 0.25) is 0 Å². The van der Waals surface area contributed by atoms with E-state index in [1.54, 1.807) is 28.8 Å². The zero-order valence-corrected chi connectivity index (χ0v) is 32.3. The van der Waals surface area contributed by atoms with Gasteiger partial charge in [0.25, 0.3) is 0 Å². The van der Waals surface area contributed by atoms with Crippen molar-refractivity contribution in [3.8, 4) is 11.1 Å². The van der Waals surface area contributed by atoms with Gasteiger partial charge in [-0.05, 0) is 0 Å². The van der Waals surface area contributed by atoms with E-state index >= 15 is 0 Å². The number of fused-ring (bicyclic) bond motifs is 3. The Bertz CT molecular complexity index is 1540. The number of halogens is 2. The molecule has 0 aromatic heterocycles. The van der Waals surface area contributed by atoms with Crippen LogP contribution in [0, 0.1) is 11.3 Å². The molecule has 2 aliphatic carbocycles. The molecule has 0 bridgehead atoms. The number of hydrogen-bond donors (Lipinski definition) is 0. The van der Waals surface area contributed by atoms with Gasteiger partial charge in [0, 0.05) is 0 Å². The molecule has 1 unspecified atom stereocenters. The topological polar surface area (TPSA) is 0 Å². The second-order valence-corrected chi connectivity index (χ2v) is 22.2. The summed E-state index contributed by atoms with van der Waals surface area (Å²) in [6.45, 7) is 28.7. The van der Waals surface area contributed by atoms with Gasteiger partial charge >= 0.3 is 260 Å². The number of benzene rings is 3. The monoisotopic (exact) mass is 690 g/mol. The Labute approximate surface area is 282 Å². The minimum atomic E-state index is -2.61. The van der Waals surface area contributed by atoms with E-state index < -0.39 is 21.3 Å². The quantitative estimate of drug-likeness (QED) is 0.358. The number of allylic oxidation sites excluding steroid dienone is 4. The van der Waals surface area contributed by atoms with Crippen LogP contribution in [0.2, 0.25) is 0 Å². The Morgan fingerprint density at radius 1 is 0.651 bits per heavy atom. The number of rotatable bonds is 3. The molecule has 3 aromatic rings. The average Bonchev–Trinajstić information content (AvgIpc) is 3.37. The van der Waals surface area contributed by atoms with Crippen molar-refractivity contribution in [3.05, 3.63) is 115 Å². The first-order valence-electron chi connectivity index (χ1n) is 15.5. The van der Waals surface area contributed by atoms with E-state index in [0.717, 1.165) is 0 Å². The molecule has 3 aromatic carbocycles. The summed E-state index contributed by atoms with van der Waals surface area (Å²) in [4.78, 5) is 0. The summed E-state index contributed by atoms with van der Waals surface area (Å²) in [6, 6.07) is 26.2. The van der Waals surface area contributed by atoms with E-state index in [4.69, 9.17) is 0 Å². The summed E-state index contributed by atoms with van der Waals surface area (Å²) in [5.41, 5.74) is 14.0. The maximum atomic E-state index is 2.61. The zero-order valence-electron chi connectivity index (χ0n) is 28.3. The van der Waals surface area contributed by atoms with Gasteiger partial charge in [-0.25, -0.2) is 0 Å². The van der Waals surface area contributed by atoms with Gasteiger partial charge in [-0.2, -0.15) is 0 Å². The molecule has 0 saturated carbocycles. The van der Waals surface area contributed by atoms with Crippen molar-refractivity contribution >= 4 is 3.21 Å². The molecule has 0 amide bonds. The molecule has 0 fully saturated rings. The molecule has 5 rings (SSSR count). The SMILES string of the molecule is CC1=[C](/[Zr+2](=[C](/C)c2ccccc2)[CH]2c3cc(C(C)(C)C)ccc3-c3ccc(C(C)(C)C)cc32)C(C)C=C1C(C)(C)C.[Cl-].[Cl-]. The molecule has 0 N–H and O–H groups in total. The van der Waals surface area contributed by atoms with E-state index in [-0.39, 0.29) is 41.1 Å². The molecular formula is C40H50Cl2Zr. The maximum absolute atomic E-state index is 2.61. The third-order valence-corrected chi connectivity index (χ3v) is 18.5. The smallest absolute Gasteiger partial charge is 1.00 e. The van der Waals surface area contributed by atoms with E-state index in [1.165, 1.54) is 27.8 Å². The Hall–Kier alpha value is -1.53. The molecule has 0 spiro atoms. The molecular weight excluding hydrogens is 643 g/mol. The van der Waals surface area contributed by atoms with E-state index in [2.05, 4.69) is 156 Å². The standard InChI is InChI=1S/C21H25.C11H17.C8H8.2ClH.Zr/c1-20(2,3)16-7-9-18-14(12-16)11-15-13-17(21(4,5)6)8-10-19(15)18;1-8-6-9(2)10(7-8)11(3,4)5;1-2-8-6-4-3-5-7-8;;;/h7-13H,1-6H3;7-8H,1-5H3;3-7H,1H3;2*1H;/q;;;;;+2/p-2. The second kappa shape index (κ2) is 12.7. The first kappa shape index (κ1) is 35.9. The first-order valence-corrected chi connectivity index (χ1v) is 19.4. The van der Waals surface area contributed by atoms with Gasteiger partial charge in [-0.1, -0.05) is 0 Å². The third-order valence-electron chi connectivity index (χ3n) is 9.43. The van der Waals surface area contributed by atoms with Crippen LogP contribution in [-0.2, 0) is 32.1 Å². The van der Waals surface area contributed by atoms with Gasteiger partial charge in [0.15, 0.2) is 0 Å². The molecule has 1 atom stereocenters. The minimum Gasteiger partial charge on any atom is -1.00 e. The average molecular weight is 693 g/mol. The summed E-state index contributed by atoms with van der Waals surface area (Å²) in [6.07, 6.45) is 2.61. The minimum absolute atomic E-state index is 0. The van der Waals surface area contributed by atoms with Gasteiger partial charge in [0.1, 0.15) is 0 Å². The molecule has 0 nitrogen and oxygen atoms in total. The van der Waals surface area contributed by atoms with E-state index in [1.807, 2.05) is 0 Å². The Morgan fingerprint density at radius 3 is 1.51 bits per heavy atom. The largest absolute Gasteiger partial charge is 1.00 e. The van der Waals surface area contributed by atoms with Crippen molar-refractivity contribution in [1.29, 1.82) is 0 Å². The van der Waals surface area contributed by atoms with Crippen LogP contribution in [0.1, 0.15) is 115 Å². The Kier molecular flexibility index (Phi) is 10.6. The molecule has 43 heavy (non-hydrogen) atoms. The van der Waals surface area contributed by atoms with Crippen LogP contribution in [0.5, 0.6) is 0 Å². The van der Waals surface area contributed by atoms with Crippen molar-refractivity contribution in [3.63, 3.8) is 0 Å². The van der Waals surface area contributed by atoms with Gasteiger partial charge in [-0.3, -0.25) is 0 Å². The van der Waals surface area contributed by atoms with E-state index in [0.29, 0.717) is 9.54 Å². The Balaban J connectivity index is 0.00000253. The molecule has 228 valence electrons. The normalized spacial score (nSPS) is 17.1. The Morgan fingerprint density at radius 2 is 1.12 bits per heavy atom. The molecule has 0 aliphatic heterocycles. The summed E-state index contributed by atoms with van der Waals surface area (Å²) in [5.74, 6) is 0.487. The zero-order chi connectivity index (χ0) is 30.1. The fourth-order valence-corrected chi connectivity index (χ4v) is 16.6. The molecule has 0 radical (unpaired) electrons. The summed E-state index contributed by atoms with van der Waals surface area (Å²) in [7, 11) is 0. The van der Waals surface area contributed by atoms with Crippen LogP contribution in [0.3, 0.4) is 0 Å². The maximum Gasteiger partial charge on any atom is -1.00 e. The van der Waals surface area contributed by atoms with Crippen LogP contribution in [0.4, 0.5) is 0 Å². The molecule has 3 heteroatoms. The van der Waals surface area contributed by atoms with Crippen molar-refractivity contribution < 1.29 is 46.1 Å². The van der Waals surface area contributed by atoms with Crippen molar-refractivity contribution in [1.82, 2.24) is 0 Å². The first-order chi connectivity index (χ1) is 19.0. The summed E-state index contributed by atoms with van der Waals surface area (Å²) in [5, 5.41) is 0. The fourth-order valence-electron chi connectivity index (χ4n) is 7.13. The second-order valence-electron chi connectivity index (χ2n) is 15.6. The van der Waals surface area contributed by atoms with Crippen molar-refractivity contribution in [2.45, 2.75) is 97.5 Å². The third kappa shape index (κ3) is 6.71. The molecule has 0 saturated heterocycles. The van der Waals surface area contributed by atoms with Crippen LogP contribution in [-0.4, -0.2) is 3.21 Å². The van der Waals surface area contributed by atoms with Crippen molar-refractivity contribution in [2.24, 2.45) is 11.3 Å². The number of hydrogen-bond acceptors (Lipinski definition) is 0. The van der Waals surface area contributed by atoms with Gasteiger partial charge < -0.3 is 24.8 Å². The fraction of sp³-hybridized carbons (Fsp3) is 0.425. The molecule has 2 aliphatic rings. The predicted molar refractivity (Wildman–Crippen MR) is 177 cm³/mol. The summed E-state index contributed by atoms with van der Waals surface area (Å²) < 4.78 is 3.93. The van der Waals surface area contributed by atoms with Crippen LogP contribution >= 0.6 is 0 Å².